The summed E-state index contributed by atoms with van der Waals surface area (Å²) in [6.45, 7) is 2.21. The highest BCUT2D eigenvalue weighted by molar-refractivity contribution is 7.89. The van der Waals surface area contributed by atoms with E-state index in [0.29, 0.717) is 17.9 Å². The van der Waals surface area contributed by atoms with Gasteiger partial charge in [-0.3, -0.25) is 0 Å². The second-order valence-corrected chi connectivity index (χ2v) is 10.6. The number of nitrogens with zero attached hydrogens (tertiary/aromatic N) is 1. The topological polar surface area (TPSA) is 78.9 Å². The number of methoxy groups -OCH3 is 1. The Hall–Kier alpha value is -2.87. The van der Waals surface area contributed by atoms with Crippen LogP contribution >= 0.6 is 0 Å². The Kier molecular flexibility index (Phi) is 5.64. The van der Waals surface area contributed by atoms with Gasteiger partial charge in [0.2, 0.25) is 10.0 Å². The monoisotopic (exact) mass is 464 g/mol. The van der Waals surface area contributed by atoms with E-state index in [1.807, 2.05) is 55.5 Å². The van der Waals surface area contributed by atoms with Crippen molar-refractivity contribution in [1.29, 1.82) is 0 Å². The first kappa shape index (κ1) is 21.9. The summed E-state index contributed by atoms with van der Waals surface area (Å²) in [5.74, 6) is 0.757. The molecule has 0 saturated carbocycles. The van der Waals surface area contributed by atoms with Crippen molar-refractivity contribution in [2.45, 2.75) is 30.3 Å². The van der Waals surface area contributed by atoms with E-state index < -0.39 is 10.0 Å². The van der Waals surface area contributed by atoms with Gasteiger partial charge in [0, 0.05) is 18.2 Å². The minimum atomic E-state index is -3.70. The first-order chi connectivity index (χ1) is 15.9. The number of benzene rings is 3. The van der Waals surface area contributed by atoms with Crippen molar-refractivity contribution in [2.75, 3.05) is 25.6 Å². The Morgan fingerprint density at radius 1 is 1.06 bits per heavy atom. The van der Waals surface area contributed by atoms with E-state index in [-0.39, 0.29) is 24.6 Å². The van der Waals surface area contributed by atoms with Gasteiger partial charge in [0.15, 0.2) is 0 Å². The number of hydrogen-bond donors (Lipinski definition) is 2. The number of rotatable bonds is 5. The lowest BCUT2D eigenvalue weighted by atomic mass is 9.82. The molecule has 2 N–H and O–H groups in total. The average Bonchev–Trinajstić information content (AvgIpc) is 3.30. The molecule has 2 aliphatic rings. The van der Waals surface area contributed by atoms with Crippen LogP contribution in [0.15, 0.2) is 71.6 Å². The summed E-state index contributed by atoms with van der Waals surface area (Å²) in [4.78, 5) is 0.343. The van der Waals surface area contributed by atoms with Crippen molar-refractivity contribution >= 4 is 15.7 Å². The summed E-state index contributed by atoms with van der Waals surface area (Å²) in [5, 5.41) is 13.5. The average molecular weight is 465 g/mol. The minimum absolute atomic E-state index is 0.0122. The van der Waals surface area contributed by atoms with E-state index in [1.54, 1.807) is 23.5 Å². The maximum atomic E-state index is 13.8. The predicted octanol–water partition coefficient (Wildman–Crippen LogP) is 4.21. The molecule has 7 heteroatoms. The smallest absolute Gasteiger partial charge is 0.243 e. The van der Waals surface area contributed by atoms with Crippen LogP contribution in [-0.2, 0) is 10.0 Å². The maximum absolute atomic E-state index is 13.8. The van der Waals surface area contributed by atoms with Gasteiger partial charge in [0.1, 0.15) is 5.75 Å². The summed E-state index contributed by atoms with van der Waals surface area (Å²) in [5.41, 5.74) is 4.55. The van der Waals surface area contributed by atoms with Gasteiger partial charge in [0.25, 0.3) is 0 Å². The number of hydrogen-bond acceptors (Lipinski definition) is 5. The first-order valence-corrected chi connectivity index (χ1v) is 12.6. The largest absolute Gasteiger partial charge is 0.497 e. The third-order valence-corrected chi connectivity index (χ3v) is 8.95. The molecule has 2 heterocycles. The summed E-state index contributed by atoms with van der Waals surface area (Å²) in [6, 6.07) is 20.5. The zero-order valence-corrected chi connectivity index (χ0v) is 19.5. The van der Waals surface area contributed by atoms with Crippen molar-refractivity contribution in [3.63, 3.8) is 0 Å². The molecule has 1 fully saturated rings. The summed E-state index contributed by atoms with van der Waals surface area (Å²) in [7, 11) is -2.06. The number of aryl methyl sites for hydroxylation is 1. The van der Waals surface area contributed by atoms with E-state index >= 15 is 0 Å². The number of ether oxygens (including phenoxy) is 1. The van der Waals surface area contributed by atoms with Gasteiger partial charge < -0.3 is 15.2 Å². The van der Waals surface area contributed by atoms with Crippen LogP contribution in [0.3, 0.4) is 0 Å². The molecular formula is C26H28N2O4S. The van der Waals surface area contributed by atoms with Crippen molar-refractivity contribution < 1.29 is 18.3 Å². The summed E-state index contributed by atoms with van der Waals surface area (Å²) >= 11 is 0. The zero-order valence-electron chi connectivity index (χ0n) is 18.7. The Bertz CT molecular complexity index is 1290. The molecule has 3 atom stereocenters. The molecule has 33 heavy (non-hydrogen) atoms. The Balaban J connectivity index is 1.62. The number of fused-ring (bicyclic) bond motifs is 3. The molecule has 172 valence electrons. The molecule has 0 aliphatic carbocycles. The fourth-order valence-corrected chi connectivity index (χ4v) is 7.14. The predicted molar refractivity (Wildman–Crippen MR) is 129 cm³/mol. The lowest BCUT2D eigenvalue weighted by molar-refractivity contribution is 0.210. The van der Waals surface area contributed by atoms with E-state index in [0.717, 1.165) is 33.7 Å². The van der Waals surface area contributed by atoms with Crippen LogP contribution in [0.2, 0.25) is 0 Å². The molecule has 1 saturated heterocycles. The van der Waals surface area contributed by atoms with Crippen molar-refractivity contribution in [3.8, 4) is 16.9 Å². The van der Waals surface area contributed by atoms with Crippen molar-refractivity contribution in [1.82, 2.24) is 4.31 Å². The van der Waals surface area contributed by atoms with Crippen LogP contribution in [0.1, 0.15) is 23.6 Å². The van der Waals surface area contributed by atoms with Gasteiger partial charge in [-0.05, 0) is 65.9 Å². The molecule has 2 aliphatic heterocycles. The molecule has 6 nitrogen and oxygen atoms in total. The van der Waals surface area contributed by atoms with Crippen LogP contribution in [-0.4, -0.2) is 44.1 Å². The quantitative estimate of drug-likeness (QED) is 0.591. The van der Waals surface area contributed by atoms with E-state index in [2.05, 4.69) is 11.4 Å². The van der Waals surface area contributed by atoms with Gasteiger partial charge >= 0.3 is 0 Å². The van der Waals surface area contributed by atoms with Gasteiger partial charge in [0.05, 0.1) is 30.7 Å². The van der Waals surface area contributed by atoms with Crippen molar-refractivity contribution in [2.24, 2.45) is 5.92 Å². The number of anilines is 1. The second kappa shape index (κ2) is 8.48. The van der Waals surface area contributed by atoms with Gasteiger partial charge in [-0.2, -0.15) is 4.31 Å². The molecule has 0 spiro atoms. The number of nitrogens with one attached hydrogen (secondary N) is 1. The standard InChI is InChI=1S/C26H28N2O4S/c1-17-6-3-4-9-25(17)33(30,31)28-13-12-21-24(16-29)27-23-11-10-19(15-22(23)26(21)28)18-7-5-8-20(14-18)32-2/h3-11,14-15,21,24,26-27,29H,12-13,16H2,1-2H3/t21-,24+,26-/m1/s1. The summed E-state index contributed by atoms with van der Waals surface area (Å²) in [6.07, 6.45) is 0.691. The molecule has 0 bridgehead atoms. The molecule has 5 rings (SSSR count). The molecule has 3 aromatic rings. The third kappa shape index (κ3) is 3.70. The highest BCUT2D eigenvalue weighted by atomic mass is 32.2. The SMILES string of the molecule is COc1cccc(-c2ccc3c(c2)[C@H]2[C@H](CCN2S(=O)(=O)c2ccccc2C)[C@H](CO)N3)c1. The highest BCUT2D eigenvalue weighted by Gasteiger charge is 2.48. The number of aliphatic hydroxyl groups excluding tert-OH is 1. The molecule has 0 amide bonds. The molecular weight excluding hydrogens is 436 g/mol. The van der Waals surface area contributed by atoms with Gasteiger partial charge in [-0.1, -0.05) is 36.4 Å². The highest BCUT2D eigenvalue weighted by Crippen LogP contribution is 2.49. The first-order valence-electron chi connectivity index (χ1n) is 11.2. The molecule has 3 aromatic carbocycles. The van der Waals surface area contributed by atoms with E-state index in [4.69, 9.17) is 4.74 Å². The lowest BCUT2D eigenvalue weighted by Gasteiger charge is -2.39. The van der Waals surface area contributed by atoms with Crippen LogP contribution in [0.5, 0.6) is 5.75 Å². The Morgan fingerprint density at radius 3 is 2.61 bits per heavy atom. The van der Waals surface area contributed by atoms with Crippen molar-refractivity contribution in [3.05, 3.63) is 77.9 Å². The van der Waals surface area contributed by atoms with Crippen LogP contribution < -0.4 is 10.1 Å². The fourth-order valence-electron chi connectivity index (χ4n) is 5.24. The molecule has 0 unspecified atom stereocenters. The van der Waals surface area contributed by atoms with Crippen LogP contribution in [0.25, 0.3) is 11.1 Å². The third-order valence-electron chi connectivity index (χ3n) is 6.91. The molecule has 0 aromatic heterocycles. The maximum Gasteiger partial charge on any atom is 0.243 e. The molecule has 0 radical (unpaired) electrons. The van der Waals surface area contributed by atoms with E-state index in [9.17, 15) is 13.5 Å². The summed E-state index contributed by atoms with van der Waals surface area (Å²) < 4.78 is 34.6. The van der Waals surface area contributed by atoms with Gasteiger partial charge in [-0.15, -0.1) is 0 Å². The zero-order chi connectivity index (χ0) is 23.2. The van der Waals surface area contributed by atoms with Crippen LogP contribution in [0, 0.1) is 12.8 Å². The number of aliphatic hydroxyl groups is 1. The second-order valence-electron chi connectivity index (χ2n) is 8.75. The Morgan fingerprint density at radius 2 is 1.85 bits per heavy atom. The number of sulfonamides is 1. The lowest BCUT2D eigenvalue weighted by Crippen LogP contribution is -2.42. The fraction of sp³-hybridized carbons (Fsp3) is 0.308. The van der Waals surface area contributed by atoms with Crippen LogP contribution in [0.4, 0.5) is 5.69 Å². The normalized spacial score (nSPS) is 22.3. The van der Waals surface area contributed by atoms with E-state index in [1.165, 1.54) is 0 Å². The minimum Gasteiger partial charge on any atom is -0.497 e. The Labute approximate surface area is 194 Å². The van der Waals surface area contributed by atoms with Gasteiger partial charge in [-0.25, -0.2) is 8.42 Å².